The number of nitrogens with zero attached hydrogens (tertiary/aromatic N) is 1. The van der Waals surface area contributed by atoms with Crippen LogP contribution in [0.5, 0.6) is 11.5 Å². The first-order chi connectivity index (χ1) is 8.72. The van der Waals surface area contributed by atoms with Gasteiger partial charge in [0.25, 0.3) is 0 Å². The molecule has 1 aliphatic heterocycles. The van der Waals surface area contributed by atoms with Crippen LogP contribution in [0.15, 0.2) is 23.2 Å². The van der Waals surface area contributed by atoms with Gasteiger partial charge in [0.15, 0.2) is 16.7 Å². The van der Waals surface area contributed by atoms with E-state index in [0.29, 0.717) is 5.92 Å². The molecule has 1 N–H and O–H groups in total. The molecule has 2 rings (SSSR count). The van der Waals surface area contributed by atoms with Gasteiger partial charge in [-0.2, -0.15) is 0 Å². The Morgan fingerprint density at radius 1 is 1.28 bits per heavy atom. The highest BCUT2D eigenvalue weighted by Gasteiger charge is 2.13. The number of benzene rings is 1. The first-order valence-electron chi connectivity index (χ1n) is 5.89. The number of amidine groups is 1. The van der Waals surface area contributed by atoms with E-state index in [1.165, 1.54) is 0 Å². The number of hydrogen-bond acceptors (Lipinski definition) is 5. The fraction of sp³-hybridized carbons (Fsp3) is 0.462. The summed E-state index contributed by atoms with van der Waals surface area (Å²) in [6.07, 6.45) is 0. The standard InChI is InChI=1S/C13H18N2O2S/c1-9-7-14-13(18-8-9)15-10-4-5-11(16-2)12(6-10)17-3/h4-6,9H,7-8H2,1-3H3,(H,14,15). The van der Waals surface area contributed by atoms with E-state index < -0.39 is 0 Å². The Bertz CT molecular complexity index is 449. The highest BCUT2D eigenvalue weighted by Crippen LogP contribution is 2.30. The molecule has 1 unspecified atom stereocenters. The highest BCUT2D eigenvalue weighted by molar-refractivity contribution is 8.14. The molecular formula is C13H18N2O2S. The lowest BCUT2D eigenvalue weighted by atomic mass is 10.2. The number of anilines is 1. The molecule has 0 amide bonds. The summed E-state index contributed by atoms with van der Waals surface area (Å²) in [6, 6.07) is 5.76. The van der Waals surface area contributed by atoms with Gasteiger partial charge < -0.3 is 14.8 Å². The lowest BCUT2D eigenvalue weighted by Crippen LogP contribution is -2.18. The number of rotatable bonds is 3. The smallest absolute Gasteiger partial charge is 0.162 e. The van der Waals surface area contributed by atoms with Gasteiger partial charge >= 0.3 is 0 Å². The van der Waals surface area contributed by atoms with E-state index in [0.717, 1.165) is 34.7 Å². The Hall–Kier alpha value is -1.36. The molecule has 0 aliphatic carbocycles. The van der Waals surface area contributed by atoms with Crippen LogP contribution in [0.4, 0.5) is 5.69 Å². The first kappa shape index (κ1) is 13.1. The highest BCUT2D eigenvalue weighted by atomic mass is 32.2. The van der Waals surface area contributed by atoms with Gasteiger partial charge in [-0.3, -0.25) is 4.99 Å². The second kappa shape index (κ2) is 6.00. The summed E-state index contributed by atoms with van der Waals surface area (Å²) < 4.78 is 10.5. The van der Waals surface area contributed by atoms with Crippen LogP contribution in [0, 0.1) is 5.92 Å². The predicted molar refractivity (Wildman–Crippen MR) is 77.1 cm³/mol. The Balaban J connectivity index is 2.10. The molecule has 0 spiro atoms. The minimum Gasteiger partial charge on any atom is -0.493 e. The van der Waals surface area contributed by atoms with Gasteiger partial charge in [0.1, 0.15) is 0 Å². The molecule has 0 saturated carbocycles. The third-order valence-corrected chi connectivity index (χ3v) is 3.93. The molecule has 4 nitrogen and oxygen atoms in total. The van der Waals surface area contributed by atoms with Crippen LogP contribution in [0.1, 0.15) is 6.92 Å². The van der Waals surface area contributed by atoms with E-state index in [-0.39, 0.29) is 0 Å². The van der Waals surface area contributed by atoms with Crippen molar-refractivity contribution in [3.8, 4) is 11.5 Å². The van der Waals surface area contributed by atoms with Gasteiger partial charge in [-0.05, 0) is 18.1 Å². The average molecular weight is 266 g/mol. The van der Waals surface area contributed by atoms with Crippen LogP contribution in [0.3, 0.4) is 0 Å². The lowest BCUT2D eigenvalue weighted by molar-refractivity contribution is 0.355. The molecule has 0 bridgehead atoms. The third kappa shape index (κ3) is 3.10. The summed E-state index contributed by atoms with van der Waals surface area (Å²) >= 11 is 1.76. The molecular weight excluding hydrogens is 248 g/mol. The Kier molecular flexibility index (Phi) is 4.36. The van der Waals surface area contributed by atoms with Crippen molar-refractivity contribution in [3.05, 3.63) is 18.2 Å². The second-order valence-corrected chi connectivity index (χ2v) is 5.27. The van der Waals surface area contributed by atoms with Gasteiger partial charge in [0, 0.05) is 24.1 Å². The van der Waals surface area contributed by atoms with Gasteiger partial charge in [0.2, 0.25) is 0 Å². The van der Waals surface area contributed by atoms with E-state index in [1.807, 2.05) is 18.2 Å². The molecule has 1 atom stereocenters. The fourth-order valence-corrected chi connectivity index (χ4v) is 2.57. The van der Waals surface area contributed by atoms with Crippen molar-refractivity contribution < 1.29 is 9.47 Å². The predicted octanol–water partition coefficient (Wildman–Crippen LogP) is 2.85. The molecule has 18 heavy (non-hydrogen) atoms. The SMILES string of the molecule is COc1ccc(NC2=NCC(C)CS2)cc1OC. The summed E-state index contributed by atoms with van der Waals surface area (Å²) in [6.45, 7) is 3.10. The van der Waals surface area contributed by atoms with Crippen LogP contribution in [0.25, 0.3) is 0 Å². The van der Waals surface area contributed by atoms with Gasteiger partial charge in [-0.25, -0.2) is 0 Å². The van der Waals surface area contributed by atoms with Crippen LogP contribution in [0.2, 0.25) is 0 Å². The van der Waals surface area contributed by atoms with Crippen molar-refractivity contribution in [1.29, 1.82) is 0 Å². The van der Waals surface area contributed by atoms with Crippen molar-refractivity contribution in [1.82, 2.24) is 0 Å². The normalized spacial score (nSPS) is 19.1. The van der Waals surface area contributed by atoms with Crippen molar-refractivity contribution in [2.24, 2.45) is 10.9 Å². The molecule has 1 aromatic rings. The first-order valence-corrected chi connectivity index (χ1v) is 6.87. The molecule has 0 saturated heterocycles. The van der Waals surface area contributed by atoms with Crippen molar-refractivity contribution in [2.75, 3.05) is 31.8 Å². The minimum absolute atomic E-state index is 0.658. The maximum atomic E-state index is 5.27. The van der Waals surface area contributed by atoms with E-state index in [1.54, 1.807) is 26.0 Å². The summed E-state index contributed by atoms with van der Waals surface area (Å²) in [5.41, 5.74) is 0.966. The zero-order chi connectivity index (χ0) is 13.0. The molecule has 0 aromatic heterocycles. The topological polar surface area (TPSA) is 42.8 Å². The Morgan fingerprint density at radius 2 is 2.06 bits per heavy atom. The summed E-state index contributed by atoms with van der Waals surface area (Å²) in [5, 5.41) is 4.28. The molecule has 1 aliphatic rings. The quantitative estimate of drug-likeness (QED) is 0.913. The van der Waals surface area contributed by atoms with Crippen LogP contribution >= 0.6 is 11.8 Å². The number of hydrogen-bond donors (Lipinski definition) is 1. The molecule has 1 heterocycles. The number of ether oxygens (including phenoxy) is 2. The van der Waals surface area contributed by atoms with E-state index in [4.69, 9.17) is 9.47 Å². The second-order valence-electron chi connectivity index (χ2n) is 4.26. The van der Waals surface area contributed by atoms with Crippen molar-refractivity contribution in [2.45, 2.75) is 6.92 Å². The summed E-state index contributed by atoms with van der Waals surface area (Å²) in [4.78, 5) is 4.50. The maximum absolute atomic E-state index is 5.27. The molecule has 0 fully saturated rings. The van der Waals surface area contributed by atoms with Crippen LogP contribution in [-0.2, 0) is 0 Å². The summed E-state index contributed by atoms with van der Waals surface area (Å²) in [7, 11) is 3.27. The number of aliphatic imine (C=N–C) groups is 1. The van der Waals surface area contributed by atoms with Crippen LogP contribution < -0.4 is 14.8 Å². The van der Waals surface area contributed by atoms with E-state index >= 15 is 0 Å². The van der Waals surface area contributed by atoms with Crippen molar-refractivity contribution in [3.63, 3.8) is 0 Å². The maximum Gasteiger partial charge on any atom is 0.162 e. The fourth-order valence-electron chi connectivity index (χ4n) is 1.67. The van der Waals surface area contributed by atoms with Crippen molar-refractivity contribution >= 4 is 22.6 Å². The average Bonchev–Trinajstić information content (AvgIpc) is 2.41. The van der Waals surface area contributed by atoms with Crippen LogP contribution in [-0.4, -0.2) is 31.7 Å². The molecule has 1 aromatic carbocycles. The molecule has 5 heteroatoms. The lowest BCUT2D eigenvalue weighted by Gasteiger charge is -2.18. The Labute approximate surface area is 112 Å². The van der Waals surface area contributed by atoms with Gasteiger partial charge in [0.05, 0.1) is 14.2 Å². The zero-order valence-electron chi connectivity index (χ0n) is 10.9. The largest absolute Gasteiger partial charge is 0.493 e. The summed E-state index contributed by atoms with van der Waals surface area (Å²) in [5.74, 6) is 3.22. The van der Waals surface area contributed by atoms with E-state index in [9.17, 15) is 0 Å². The Morgan fingerprint density at radius 3 is 2.67 bits per heavy atom. The van der Waals surface area contributed by atoms with E-state index in [2.05, 4.69) is 17.2 Å². The molecule has 98 valence electrons. The third-order valence-electron chi connectivity index (χ3n) is 2.69. The molecule has 0 radical (unpaired) electrons. The minimum atomic E-state index is 0.658. The number of nitrogens with one attached hydrogen (secondary N) is 1. The monoisotopic (exact) mass is 266 g/mol. The number of methoxy groups -OCH3 is 2. The van der Waals surface area contributed by atoms with Gasteiger partial charge in [-0.1, -0.05) is 18.7 Å². The number of thioether (sulfide) groups is 1. The zero-order valence-corrected chi connectivity index (χ0v) is 11.7. The van der Waals surface area contributed by atoms with Gasteiger partial charge in [-0.15, -0.1) is 0 Å².